The standard InChI is InChI=1S/C12H16BrNO/c1-12(2,3)10-6-9(7-14-11(10)13)15-8-4-5-8/h6-8H,4-5H2,1-3H3. The summed E-state index contributed by atoms with van der Waals surface area (Å²) in [5.74, 6) is 0.894. The molecule has 0 saturated heterocycles. The van der Waals surface area contributed by atoms with Crippen LogP contribution in [0.15, 0.2) is 16.9 Å². The van der Waals surface area contributed by atoms with Crippen LogP contribution in [0.4, 0.5) is 0 Å². The molecule has 0 atom stereocenters. The van der Waals surface area contributed by atoms with Crippen molar-refractivity contribution >= 4 is 15.9 Å². The SMILES string of the molecule is CC(C)(C)c1cc(OC2CC2)cnc1Br. The lowest BCUT2D eigenvalue weighted by Crippen LogP contribution is -2.13. The largest absolute Gasteiger partial charge is 0.489 e. The quantitative estimate of drug-likeness (QED) is 0.765. The lowest BCUT2D eigenvalue weighted by Gasteiger charge is -2.20. The van der Waals surface area contributed by atoms with Crippen molar-refractivity contribution < 1.29 is 4.74 Å². The Morgan fingerprint density at radius 1 is 1.40 bits per heavy atom. The van der Waals surface area contributed by atoms with Crippen molar-refractivity contribution in [2.45, 2.75) is 45.1 Å². The Kier molecular flexibility index (Phi) is 2.75. The normalized spacial score (nSPS) is 16.5. The van der Waals surface area contributed by atoms with E-state index in [1.54, 1.807) is 6.20 Å². The Bertz CT molecular complexity index is 366. The van der Waals surface area contributed by atoms with Gasteiger partial charge in [-0.25, -0.2) is 4.98 Å². The topological polar surface area (TPSA) is 22.1 Å². The van der Waals surface area contributed by atoms with E-state index < -0.39 is 0 Å². The molecule has 0 radical (unpaired) electrons. The molecule has 82 valence electrons. The molecule has 0 unspecified atom stereocenters. The molecule has 0 N–H and O–H groups in total. The molecule has 1 aromatic heterocycles. The minimum absolute atomic E-state index is 0.0920. The van der Waals surface area contributed by atoms with Gasteiger partial charge < -0.3 is 4.74 Å². The van der Waals surface area contributed by atoms with E-state index in [4.69, 9.17) is 4.74 Å². The summed E-state index contributed by atoms with van der Waals surface area (Å²) in [6.45, 7) is 6.53. The average Bonchev–Trinajstić information content (AvgIpc) is 2.90. The van der Waals surface area contributed by atoms with E-state index in [2.05, 4.69) is 47.8 Å². The van der Waals surface area contributed by atoms with Gasteiger partial charge in [-0.3, -0.25) is 0 Å². The van der Waals surface area contributed by atoms with Gasteiger partial charge in [0.05, 0.1) is 12.3 Å². The van der Waals surface area contributed by atoms with Crippen LogP contribution >= 0.6 is 15.9 Å². The number of rotatable bonds is 2. The second-order valence-corrected chi connectivity index (χ2v) is 5.83. The molecule has 1 aromatic rings. The number of hydrogen-bond donors (Lipinski definition) is 0. The fraction of sp³-hybridized carbons (Fsp3) is 0.583. The molecule has 15 heavy (non-hydrogen) atoms. The maximum absolute atomic E-state index is 5.73. The Morgan fingerprint density at radius 3 is 2.60 bits per heavy atom. The minimum atomic E-state index is 0.0920. The number of halogens is 1. The summed E-state index contributed by atoms with van der Waals surface area (Å²) in [4.78, 5) is 4.32. The first-order valence-electron chi connectivity index (χ1n) is 5.29. The second kappa shape index (κ2) is 3.78. The van der Waals surface area contributed by atoms with Crippen LogP contribution < -0.4 is 4.74 Å². The zero-order valence-electron chi connectivity index (χ0n) is 9.38. The highest BCUT2D eigenvalue weighted by atomic mass is 79.9. The fourth-order valence-corrected chi connectivity index (χ4v) is 2.21. The van der Waals surface area contributed by atoms with E-state index in [9.17, 15) is 0 Å². The molecular weight excluding hydrogens is 254 g/mol. The summed E-state index contributed by atoms with van der Waals surface area (Å²) in [7, 11) is 0. The van der Waals surface area contributed by atoms with E-state index in [1.807, 2.05) is 0 Å². The highest BCUT2D eigenvalue weighted by molar-refractivity contribution is 9.10. The maximum Gasteiger partial charge on any atom is 0.138 e. The molecule has 0 aromatic carbocycles. The lowest BCUT2D eigenvalue weighted by atomic mass is 9.88. The Labute approximate surface area is 99.2 Å². The van der Waals surface area contributed by atoms with Crippen molar-refractivity contribution in [2.24, 2.45) is 0 Å². The average molecular weight is 270 g/mol. The van der Waals surface area contributed by atoms with Crippen LogP contribution in [0.2, 0.25) is 0 Å². The monoisotopic (exact) mass is 269 g/mol. The first kappa shape index (κ1) is 10.9. The minimum Gasteiger partial charge on any atom is -0.489 e. The third-order valence-electron chi connectivity index (χ3n) is 2.45. The summed E-state index contributed by atoms with van der Waals surface area (Å²) in [5, 5.41) is 0. The fourth-order valence-electron chi connectivity index (χ4n) is 1.40. The van der Waals surface area contributed by atoms with Crippen LogP contribution in [0.3, 0.4) is 0 Å². The van der Waals surface area contributed by atoms with Gasteiger partial charge in [-0.2, -0.15) is 0 Å². The first-order chi connectivity index (χ1) is 6.97. The van der Waals surface area contributed by atoms with Crippen LogP contribution in [-0.4, -0.2) is 11.1 Å². The summed E-state index contributed by atoms with van der Waals surface area (Å²) in [6, 6.07) is 2.09. The Balaban J connectivity index is 2.27. The summed E-state index contributed by atoms with van der Waals surface area (Å²) < 4.78 is 6.65. The molecule has 1 saturated carbocycles. The zero-order chi connectivity index (χ0) is 11.1. The van der Waals surface area contributed by atoms with Gasteiger partial charge >= 0.3 is 0 Å². The van der Waals surface area contributed by atoms with E-state index >= 15 is 0 Å². The van der Waals surface area contributed by atoms with Crippen LogP contribution in [0.5, 0.6) is 5.75 Å². The van der Waals surface area contributed by atoms with Gasteiger partial charge in [0.2, 0.25) is 0 Å². The van der Waals surface area contributed by atoms with Gasteiger partial charge in [-0.15, -0.1) is 0 Å². The molecule has 2 rings (SSSR count). The maximum atomic E-state index is 5.73. The molecule has 2 nitrogen and oxygen atoms in total. The van der Waals surface area contributed by atoms with Crippen molar-refractivity contribution in [2.75, 3.05) is 0 Å². The third-order valence-corrected chi connectivity index (χ3v) is 3.08. The summed E-state index contributed by atoms with van der Waals surface area (Å²) in [5.41, 5.74) is 1.29. The van der Waals surface area contributed by atoms with Gasteiger partial charge in [0.1, 0.15) is 10.4 Å². The zero-order valence-corrected chi connectivity index (χ0v) is 11.0. The van der Waals surface area contributed by atoms with Crippen molar-refractivity contribution in [3.05, 3.63) is 22.4 Å². The smallest absolute Gasteiger partial charge is 0.138 e. The Hall–Kier alpha value is -0.570. The van der Waals surface area contributed by atoms with Gasteiger partial charge in [-0.1, -0.05) is 20.8 Å². The summed E-state index contributed by atoms with van der Waals surface area (Å²) >= 11 is 3.48. The molecular formula is C12H16BrNO. The molecule has 0 amide bonds. The number of pyridine rings is 1. The van der Waals surface area contributed by atoms with Gasteiger partial charge in [0, 0.05) is 0 Å². The number of nitrogens with zero attached hydrogens (tertiary/aromatic N) is 1. The third kappa shape index (κ3) is 2.71. The van der Waals surface area contributed by atoms with Crippen LogP contribution in [0.1, 0.15) is 39.2 Å². The van der Waals surface area contributed by atoms with Crippen molar-refractivity contribution in [1.82, 2.24) is 4.98 Å². The number of ether oxygens (including phenoxy) is 1. The predicted octanol–water partition coefficient (Wildman–Crippen LogP) is 3.68. The van der Waals surface area contributed by atoms with Crippen LogP contribution in [0.25, 0.3) is 0 Å². The predicted molar refractivity (Wildman–Crippen MR) is 64.3 cm³/mol. The molecule has 1 fully saturated rings. The Morgan fingerprint density at radius 2 is 2.07 bits per heavy atom. The molecule has 0 bridgehead atoms. The molecule has 3 heteroatoms. The first-order valence-corrected chi connectivity index (χ1v) is 6.09. The van der Waals surface area contributed by atoms with Crippen molar-refractivity contribution in [1.29, 1.82) is 0 Å². The van der Waals surface area contributed by atoms with Crippen molar-refractivity contribution in [3.8, 4) is 5.75 Å². The summed E-state index contributed by atoms with van der Waals surface area (Å²) in [6.07, 6.45) is 4.58. The van der Waals surface area contributed by atoms with Crippen LogP contribution in [0, 0.1) is 0 Å². The van der Waals surface area contributed by atoms with Crippen molar-refractivity contribution in [3.63, 3.8) is 0 Å². The highest BCUT2D eigenvalue weighted by Crippen LogP contribution is 2.33. The molecule has 1 heterocycles. The van der Waals surface area contributed by atoms with Gasteiger partial charge in [0.15, 0.2) is 0 Å². The molecule has 0 aliphatic heterocycles. The number of hydrogen-bond acceptors (Lipinski definition) is 2. The lowest BCUT2D eigenvalue weighted by molar-refractivity contribution is 0.301. The van der Waals surface area contributed by atoms with E-state index in [0.717, 1.165) is 10.4 Å². The highest BCUT2D eigenvalue weighted by Gasteiger charge is 2.25. The van der Waals surface area contributed by atoms with Gasteiger partial charge in [-0.05, 0) is 45.8 Å². The van der Waals surface area contributed by atoms with E-state index in [1.165, 1.54) is 18.4 Å². The number of aromatic nitrogens is 1. The van der Waals surface area contributed by atoms with Gasteiger partial charge in [0.25, 0.3) is 0 Å². The molecule has 1 aliphatic rings. The molecule has 1 aliphatic carbocycles. The van der Waals surface area contributed by atoms with Crippen LogP contribution in [-0.2, 0) is 5.41 Å². The second-order valence-electron chi connectivity index (χ2n) is 5.08. The molecule has 0 spiro atoms. The van der Waals surface area contributed by atoms with E-state index in [0.29, 0.717) is 6.10 Å². The van der Waals surface area contributed by atoms with E-state index in [-0.39, 0.29) is 5.41 Å².